The zero-order valence-corrected chi connectivity index (χ0v) is 27.6. The maximum atomic E-state index is 13.4. The molecule has 0 saturated carbocycles. The van der Waals surface area contributed by atoms with Gasteiger partial charge in [0, 0.05) is 47.7 Å². The van der Waals surface area contributed by atoms with E-state index in [1.165, 1.54) is 4.57 Å². The highest BCUT2D eigenvalue weighted by Crippen LogP contribution is 2.41. The van der Waals surface area contributed by atoms with Crippen LogP contribution in [0.2, 0.25) is 0 Å². The number of aromatic nitrogens is 1. The Balaban J connectivity index is 1.69. The van der Waals surface area contributed by atoms with Gasteiger partial charge in [-0.1, -0.05) is 38.1 Å². The molecule has 9 nitrogen and oxygen atoms in total. The summed E-state index contributed by atoms with van der Waals surface area (Å²) >= 11 is -2.36. The fourth-order valence-electron chi connectivity index (χ4n) is 5.80. The van der Waals surface area contributed by atoms with Crippen LogP contribution in [0.15, 0.2) is 70.0 Å². The number of nitrogens with one attached hydrogen (secondary N) is 1. The van der Waals surface area contributed by atoms with Crippen LogP contribution >= 0.6 is 0 Å². The highest BCUT2D eigenvalue weighted by atomic mass is 32.2. The van der Waals surface area contributed by atoms with Crippen LogP contribution in [0.4, 0.5) is 0 Å². The lowest BCUT2D eigenvalue weighted by atomic mass is 10.00. The van der Waals surface area contributed by atoms with Gasteiger partial charge >= 0.3 is 0 Å². The Morgan fingerprint density at radius 2 is 1.67 bits per heavy atom. The average molecular weight is 644 g/mol. The number of fused-ring (bicyclic) bond motifs is 1. The molecule has 46 heavy (non-hydrogen) atoms. The van der Waals surface area contributed by atoms with Crippen molar-refractivity contribution in [2.75, 3.05) is 19.8 Å². The Bertz CT molecular complexity index is 1920. The molecule has 5 rings (SSSR count). The number of nitrogens with zero attached hydrogens (tertiary/aromatic N) is 1. The number of hydrogen-bond acceptors (Lipinski definition) is 7. The molecular formula is C36H39N2O7S-. The molecule has 3 aromatic carbocycles. The Hall–Kier alpha value is -4.22. The summed E-state index contributed by atoms with van der Waals surface area (Å²) in [5.41, 5.74) is 7.23. The van der Waals surface area contributed by atoms with Crippen molar-refractivity contribution in [1.29, 1.82) is 0 Å². The van der Waals surface area contributed by atoms with Crippen molar-refractivity contribution in [2.45, 2.75) is 47.0 Å². The van der Waals surface area contributed by atoms with Gasteiger partial charge in [-0.25, -0.2) is 4.72 Å². The smallest absolute Gasteiger partial charge is 0.261 e. The summed E-state index contributed by atoms with van der Waals surface area (Å²) in [6, 6.07) is 17.6. The first-order chi connectivity index (χ1) is 22.1. The minimum absolute atomic E-state index is 0.0817. The molecule has 0 fully saturated rings. The molecule has 0 aliphatic rings. The Morgan fingerprint density at radius 1 is 0.978 bits per heavy atom. The van der Waals surface area contributed by atoms with Gasteiger partial charge in [0.05, 0.1) is 12.0 Å². The van der Waals surface area contributed by atoms with Gasteiger partial charge in [-0.3, -0.25) is 9.00 Å². The maximum absolute atomic E-state index is 13.4. The second kappa shape index (κ2) is 14.5. The zero-order chi connectivity index (χ0) is 33.0. The Morgan fingerprint density at radius 3 is 2.30 bits per heavy atom. The lowest BCUT2D eigenvalue weighted by molar-refractivity contribution is 0.200. The summed E-state index contributed by atoms with van der Waals surface area (Å²) in [6.45, 7) is 8.40. The molecule has 2 aromatic heterocycles. The van der Waals surface area contributed by atoms with Crippen molar-refractivity contribution in [3.63, 3.8) is 0 Å². The quantitative estimate of drug-likeness (QED) is 0.144. The van der Waals surface area contributed by atoms with Crippen LogP contribution in [0, 0.1) is 13.8 Å². The molecule has 242 valence electrons. The SMILES string of the molecule is CCc1cccc(CC)c1Oc1ccc(CCNS(=O)[O-])cc1-c1cn(C)c(=O)c2cc(-c3cc(C)c(OCCO)c(C)c3)oc12. The molecule has 2 heterocycles. The molecule has 0 aliphatic heterocycles. The number of benzene rings is 3. The zero-order valence-electron chi connectivity index (χ0n) is 26.8. The molecule has 1 unspecified atom stereocenters. The van der Waals surface area contributed by atoms with E-state index >= 15 is 0 Å². The first kappa shape index (κ1) is 33.2. The molecular weight excluding hydrogens is 604 g/mol. The van der Waals surface area contributed by atoms with E-state index in [1.54, 1.807) is 19.3 Å². The lowest BCUT2D eigenvalue weighted by Gasteiger charge is -2.18. The van der Waals surface area contributed by atoms with E-state index in [9.17, 15) is 18.7 Å². The van der Waals surface area contributed by atoms with Crippen LogP contribution in [0.3, 0.4) is 0 Å². The predicted molar refractivity (Wildman–Crippen MR) is 180 cm³/mol. The van der Waals surface area contributed by atoms with E-state index in [2.05, 4.69) is 30.7 Å². The third kappa shape index (κ3) is 6.95. The van der Waals surface area contributed by atoms with Gasteiger partial charge in [0.15, 0.2) is 0 Å². The van der Waals surface area contributed by atoms with Crippen molar-refractivity contribution in [3.8, 4) is 39.7 Å². The van der Waals surface area contributed by atoms with Crippen LogP contribution in [-0.4, -0.2) is 38.2 Å². The van der Waals surface area contributed by atoms with E-state index in [1.807, 2.05) is 50.2 Å². The monoisotopic (exact) mass is 643 g/mol. The molecule has 0 saturated heterocycles. The van der Waals surface area contributed by atoms with Gasteiger partial charge in [-0.05, 0) is 91.3 Å². The minimum atomic E-state index is -2.36. The summed E-state index contributed by atoms with van der Waals surface area (Å²) in [7, 11) is 1.71. The van der Waals surface area contributed by atoms with E-state index in [-0.39, 0.29) is 25.3 Å². The summed E-state index contributed by atoms with van der Waals surface area (Å²) in [4.78, 5) is 13.4. The average Bonchev–Trinajstić information content (AvgIpc) is 3.49. The number of rotatable bonds is 13. The van der Waals surface area contributed by atoms with E-state index < -0.39 is 11.3 Å². The molecule has 0 aliphatic carbocycles. The van der Waals surface area contributed by atoms with E-state index in [0.717, 1.165) is 57.5 Å². The number of pyridine rings is 1. The van der Waals surface area contributed by atoms with Crippen LogP contribution < -0.4 is 19.8 Å². The molecule has 0 bridgehead atoms. The van der Waals surface area contributed by atoms with Crippen molar-refractivity contribution >= 4 is 22.2 Å². The second-order valence-electron chi connectivity index (χ2n) is 11.2. The number of ether oxygens (including phenoxy) is 2. The Kier molecular flexibility index (Phi) is 10.4. The van der Waals surface area contributed by atoms with Gasteiger partial charge in [-0.2, -0.15) is 0 Å². The maximum Gasteiger partial charge on any atom is 0.261 e. The van der Waals surface area contributed by atoms with E-state index in [4.69, 9.17) is 13.9 Å². The molecule has 0 amide bonds. The summed E-state index contributed by atoms with van der Waals surface area (Å²) in [5, 5.41) is 9.64. The van der Waals surface area contributed by atoms with Gasteiger partial charge in [0.1, 0.15) is 35.2 Å². The fourth-order valence-corrected chi connectivity index (χ4v) is 6.07. The molecule has 0 spiro atoms. The first-order valence-corrected chi connectivity index (χ1v) is 16.5. The van der Waals surface area contributed by atoms with Crippen LogP contribution in [-0.2, 0) is 37.6 Å². The van der Waals surface area contributed by atoms with Crippen molar-refractivity contribution in [2.24, 2.45) is 7.05 Å². The molecule has 10 heteroatoms. The Labute approximate surface area is 271 Å². The van der Waals surface area contributed by atoms with Crippen molar-refractivity contribution in [1.82, 2.24) is 9.29 Å². The largest absolute Gasteiger partial charge is 0.760 e. The van der Waals surface area contributed by atoms with Gasteiger partial charge in [0.2, 0.25) is 0 Å². The third-order valence-electron chi connectivity index (χ3n) is 8.05. The number of aryl methyl sites for hydroxylation is 5. The summed E-state index contributed by atoms with van der Waals surface area (Å²) in [6.07, 6.45) is 3.80. The summed E-state index contributed by atoms with van der Waals surface area (Å²) < 4.78 is 45.1. The van der Waals surface area contributed by atoms with E-state index in [0.29, 0.717) is 40.2 Å². The summed E-state index contributed by atoms with van der Waals surface area (Å²) in [5.74, 6) is 2.64. The standard InChI is InChI=1S/C36H40N2O7S/c1-6-25-9-8-10-26(7-2)34(25)44-31-12-11-24(13-14-37-46(41)42)19-28(31)30-21-38(5)36(40)29-20-32(45-35(29)30)27-17-22(3)33(23(4)18-27)43-16-15-39/h8-12,17-21,37,39H,6-7,13-16H2,1-5H3,(H,41,42)/p-1. The minimum Gasteiger partial charge on any atom is -0.760 e. The third-order valence-corrected chi connectivity index (χ3v) is 8.49. The molecule has 5 aromatic rings. The lowest BCUT2D eigenvalue weighted by Crippen LogP contribution is -2.19. The highest BCUT2D eigenvalue weighted by Gasteiger charge is 2.21. The second-order valence-corrected chi connectivity index (χ2v) is 12.0. The topological polar surface area (TPSA) is 126 Å². The number of aliphatic hydroxyl groups excluding tert-OH is 1. The fraction of sp³-hybridized carbons (Fsp3) is 0.306. The number of aliphatic hydroxyl groups is 1. The molecule has 1 atom stereocenters. The highest BCUT2D eigenvalue weighted by molar-refractivity contribution is 7.77. The first-order valence-electron chi connectivity index (χ1n) is 15.4. The normalized spacial score (nSPS) is 12.1. The van der Waals surface area contributed by atoms with Crippen LogP contribution in [0.1, 0.15) is 41.7 Å². The molecule has 2 N–H and O–H groups in total. The van der Waals surface area contributed by atoms with Crippen molar-refractivity contribution < 1.29 is 27.8 Å². The van der Waals surface area contributed by atoms with Gasteiger partial charge < -0.3 is 28.1 Å². The number of hydrogen-bond donors (Lipinski definition) is 2. The molecule has 0 radical (unpaired) electrons. The number of furan rings is 1. The van der Waals surface area contributed by atoms with Crippen LogP contribution in [0.5, 0.6) is 17.2 Å². The van der Waals surface area contributed by atoms with Gasteiger partial charge in [0.25, 0.3) is 5.56 Å². The predicted octanol–water partition coefficient (Wildman–Crippen LogP) is 6.30. The van der Waals surface area contributed by atoms with Gasteiger partial charge in [-0.15, -0.1) is 0 Å². The van der Waals surface area contributed by atoms with Crippen molar-refractivity contribution in [3.05, 3.63) is 99.0 Å². The number of para-hydroxylation sites is 1. The van der Waals surface area contributed by atoms with Crippen LogP contribution in [0.25, 0.3) is 33.4 Å².